The van der Waals surface area contributed by atoms with Crippen molar-refractivity contribution in [1.82, 2.24) is 58.9 Å². The molecular weight excluding hydrogens is 692 g/mol. The Bertz CT molecular complexity index is 2130. The summed E-state index contributed by atoms with van der Waals surface area (Å²) in [6.45, 7) is 5.39. The van der Waals surface area contributed by atoms with Gasteiger partial charge in [-0.25, -0.2) is 19.0 Å². The molecule has 0 amide bonds. The molecule has 282 valence electrons. The van der Waals surface area contributed by atoms with Crippen LogP contribution in [0.1, 0.15) is 72.7 Å². The van der Waals surface area contributed by atoms with Gasteiger partial charge in [-0.1, -0.05) is 36.1 Å². The Hall–Kier alpha value is -6.46. The zero-order valence-corrected chi connectivity index (χ0v) is 30.9. The van der Waals surface area contributed by atoms with Crippen LogP contribution in [-0.2, 0) is 26.2 Å². The highest BCUT2D eigenvalue weighted by molar-refractivity contribution is 5.80. The first-order chi connectivity index (χ1) is 26.3. The summed E-state index contributed by atoms with van der Waals surface area (Å²) in [6.07, 6.45) is 13.2. The molecule has 4 heterocycles. The van der Waals surface area contributed by atoms with E-state index in [-0.39, 0.29) is 24.5 Å². The molecule has 0 aliphatic heterocycles. The Labute approximate surface area is 311 Å². The maximum atomic E-state index is 12.9. The molecule has 0 aliphatic carbocycles. The van der Waals surface area contributed by atoms with Gasteiger partial charge in [-0.05, 0) is 86.3 Å². The van der Waals surface area contributed by atoms with E-state index in [1.165, 1.54) is 18.7 Å². The smallest absolute Gasteiger partial charge is 0.367 e. The summed E-state index contributed by atoms with van der Waals surface area (Å²) in [5, 5.41) is 34.3. The van der Waals surface area contributed by atoms with Crippen molar-refractivity contribution in [3.05, 3.63) is 116 Å². The van der Waals surface area contributed by atoms with Crippen LogP contribution in [0.3, 0.4) is 0 Å². The van der Waals surface area contributed by atoms with Crippen LogP contribution in [0.5, 0.6) is 11.5 Å². The van der Waals surface area contributed by atoms with Crippen LogP contribution in [0, 0.1) is 13.8 Å². The highest BCUT2D eigenvalue weighted by atomic mass is 16.5. The molecule has 0 saturated heterocycles. The maximum Gasteiger partial charge on any atom is 0.367 e. The zero-order valence-electron chi connectivity index (χ0n) is 30.9. The number of nitrogens with zero attached hydrogens (tertiary/aromatic N) is 14. The molecule has 18 nitrogen and oxygen atoms in total. The molecule has 18 heteroatoms. The Morgan fingerprint density at radius 1 is 0.593 bits per heavy atom. The van der Waals surface area contributed by atoms with Crippen LogP contribution in [-0.4, -0.2) is 85.5 Å². The van der Waals surface area contributed by atoms with E-state index in [0.717, 1.165) is 74.2 Å². The first-order valence-corrected chi connectivity index (χ1v) is 17.8. The van der Waals surface area contributed by atoms with Crippen molar-refractivity contribution in [1.29, 1.82) is 0 Å². The molecule has 6 aromatic rings. The van der Waals surface area contributed by atoms with Gasteiger partial charge in [-0.2, -0.15) is 29.8 Å². The Kier molecular flexibility index (Phi) is 12.3. The van der Waals surface area contributed by atoms with Gasteiger partial charge in [0.1, 0.15) is 22.9 Å². The van der Waals surface area contributed by atoms with E-state index in [4.69, 9.17) is 9.47 Å². The minimum atomic E-state index is -0.348. The van der Waals surface area contributed by atoms with Crippen molar-refractivity contribution in [2.24, 2.45) is 10.2 Å². The number of ether oxygens (including phenoxy) is 2. The quantitative estimate of drug-likeness (QED) is 0.0885. The van der Waals surface area contributed by atoms with E-state index in [1.807, 2.05) is 70.3 Å². The second kappa shape index (κ2) is 17.8. The largest absolute Gasteiger partial charge is 0.497 e. The fraction of sp³-hybridized carbons (Fsp3) is 0.389. The fourth-order valence-corrected chi connectivity index (χ4v) is 5.72. The molecule has 0 unspecified atom stereocenters. The summed E-state index contributed by atoms with van der Waals surface area (Å²) in [6, 6.07) is 14.8. The van der Waals surface area contributed by atoms with Crippen LogP contribution < -0.4 is 20.9 Å². The van der Waals surface area contributed by atoms with E-state index >= 15 is 0 Å². The van der Waals surface area contributed by atoms with Crippen LogP contribution in [0.25, 0.3) is 0 Å². The Morgan fingerprint density at radius 2 is 0.981 bits per heavy atom. The van der Waals surface area contributed by atoms with E-state index in [0.29, 0.717) is 23.0 Å². The molecule has 0 fully saturated rings. The van der Waals surface area contributed by atoms with Crippen molar-refractivity contribution < 1.29 is 9.47 Å². The summed E-state index contributed by atoms with van der Waals surface area (Å²) in [7, 11) is 3.22. The molecule has 0 saturated carbocycles. The van der Waals surface area contributed by atoms with Gasteiger partial charge in [0.05, 0.1) is 52.1 Å². The zero-order chi connectivity index (χ0) is 37.9. The fourth-order valence-electron chi connectivity index (χ4n) is 5.72. The average molecular weight is 737 g/mol. The Morgan fingerprint density at radius 3 is 1.37 bits per heavy atom. The molecule has 0 radical (unpaired) electrons. The summed E-state index contributed by atoms with van der Waals surface area (Å²) in [5.74, 6) is 2.45. The second-order valence-corrected chi connectivity index (χ2v) is 12.7. The number of hydrogen-bond acceptors (Lipinski definition) is 12. The molecule has 0 spiro atoms. The molecule has 2 aromatic carbocycles. The molecule has 0 N–H and O–H groups in total. The topological polar surface area (TPSA) is 184 Å². The number of unbranched alkanes of at least 4 members (excludes halogenated alkanes) is 5. The van der Waals surface area contributed by atoms with Crippen molar-refractivity contribution >= 4 is 12.4 Å². The number of aromatic nitrogens is 12. The highest BCUT2D eigenvalue weighted by Gasteiger charge is 2.13. The first kappa shape index (κ1) is 37.3. The highest BCUT2D eigenvalue weighted by Crippen LogP contribution is 2.12. The number of aryl methyl sites for hydroxylation is 4. The third-order valence-electron chi connectivity index (χ3n) is 8.64. The predicted octanol–water partition coefficient (Wildman–Crippen LogP) is 3.12. The summed E-state index contributed by atoms with van der Waals surface area (Å²) < 4.78 is 19.2. The number of benzene rings is 2. The molecule has 0 aliphatic rings. The molecule has 54 heavy (non-hydrogen) atoms. The van der Waals surface area contributed by atoms with Gasteiger partial charge in [0.15, 0.2) is 11.6 Å². The summed E-state index contributed by atoms with van der Waals surface area (Å²) in [5.41, 5.74) is 2.29. The van der Waals surface area contributed by atoms with Crippen molar-refractivity contribution in [3.8, 4) is 11.5 Å². The first-order valence-electron chi connectivity index (χ1n) is 17.8. The van der Waals surface area contributed by atoms with Gasteiger partial charge in [0.25, 0.3) is 0 Å². The number of methoxy groups -OCH3 is 2. The van der Waals surface area contributed by atoms with Crippen LogP contribution in [0.2, 0.25) is 0 Å². The standard InChI is InChI=1S/C36H44N14O4/c1-27-41-47(35(51)49(27)37-21-29-11-15-33(53-3)16-12-29)25-31-23-45(43-39-31)19-9-7-5-6-8-10-20-46-24-32(40-44-46)26-48-36(52)50(28(2)42-48)38-22-30-13-17-34(54-4)18-14-30/h11-18,21-24H,5-10,19-20,25-26H2,1-4H3/b37-21+,38-22+. The van der Waals surface area contributed by atoms with Gasteiger partial charge in [0, 0.05) is 13.1 Å². The van der Waals surface area contributed by atoms with Gasteiger partial charge in [-0.15, -0.1) is 10.2 Å². The molecule has 4 aromatic heterocycles. The monoisotopic (exact) mass is 736 g/mol. The number of rotatable bonds is 19. The van der Waals surface area contributed by atoms with Gasteiger partial charge >= 0.3 is 11.4 Å². The molecular formula is C36H44N14O4. The third-order valence-corrected chi connectivity index (χ3v) is 8.64. The van der Waals surface area contributed by atoms with Crippen LogP contribution >= 0.6 is 0 Å². The third kappa shape index (κ3) is 9.69. The summed E-state index contributed by atoms with van der Waals surface area (Å²) >= 11 is 0. The van der Waals surface area contributed by atoms with E-state index in [2.05, 4.69) is 41.0 Å². The normalized spacial score (nSPS) is 11.7. The average Bonchev–Trinajstić information content (AvgIpc) is 3.95. The maximum absolute atomic E-state index is 12.9. The lowest BCUT2D eigenvalue weighted by Gasteiger charge is -2.03. The molecule has 6 rings (SSSR count). The van der Waals surface area contributed by atoms with Crippen LogP contribution in [0.15, 0.2) is 80.7 Å². The second-order valence-electron chi connectivity index (χ2n) is 12.7. The molecule has 0 bridgehead atoms. The number of hydrogen-bond donors (Lipinski definition) is 0. The van der Waals surface area contributed by atoms with Gasteiger partial charge < -0.3 is 9.47 Å². The summed E-state index contributed by atoms with van der Waals surface area (Å²) in [4.78, 5) is 25.9. The van der Waals surface area contributed by atoms with Gasteiger partial charge in [-0.3, -0.25) is 9.36 Å². The van der Waals surface area contributed by atoms with Crippen molar-refractivity contribution in [2.75, 3.05) is 14.2 Å². The minimum Gasteiger partial charge on any atom is -0.497 e. The minimum absolute atomic E-state index is 0.210. The lowest BCUT2D eigenvalue weighted by molar-refractivity contribution is 0.414. The van der Waals surface area contributed by atoms with Crippen molar-refractivity contribution in [3.63, 3.8) is 0 Å². The molecule has 0 atom stereocenters. The van der Waals surface area contributed by atoms with E-state index in [1.54, 1.807) is 40.5 Å². The van der Waals surface area contributed by atoms with E-state index in [9.17, 15) is 9.59 Å². The van der Waals surface area contributed by atoms with Crippen LogP contribution in [0.4, 0.5) is 0 Å². The van der Waals surface area contributed by atoms with Crippen molar-refractivity contribution in [2.45, 2.75) is 78.6 Å². The van der Waals surface area contributed by atoms with E-state index < -0.39 is 0 Å². The Balaban J connectivity index is 0.873. The van der Waals surface area contributed by atoms with Gasteiger partial charge in [0.2, 0.25) is 0 Å². The lowest BCUT2D eigenvalue weighted by Crippen LogP contribution is -2.23. The lowest BCUT2D eigenvalue weighted by atomic mass is 10.1. The predicted molar refractivity (Wildman–Crippen MR) is 200 cm³/mol. The SMILES string of the molecule is COc1ccc(/C=N/n2c(C)nn(Cc3cn(CCCCCCCCn4cc(Cn5nc(C)n(/N=C/c6ccc(OC)cc6)c5=O)nn4)nn3)c2=O)cc1.